The van der Waals surface area contributed by atoms with E-state index in [2.05, 4.69) is 0 Å². The van der Waals surface area contributed by atoms with E-state index in [0.29, 0.717) is 40.2 Å². The number of likely N-dealkylation sites (N-methyl/N-ethyl adjacent to an activating group) is 1. The first-order chi connectivity index (χ1) is 25.7. The number of Topliss-reactive ketones (excluding diaryl/α,β-unsaturated/α-hetero) is 1. The van der Waals surface area contributed by atoms with Crippen molar-refractivity contribution in [1.82, 2.24) is 9.80 Å². The summed E-state index contributed by atoms with van der Waals surface area (Å²) >= 11 is 0. The lowest BCUT2D eigenvalue weighted by molar-refractivity contribution is -0.140. The molecule has 3 aromatic rings. The molecule has 2 atom stereocenters. The Morgan fingerprint density at radius 2 is 1.56 bits per heavy atom. The van der Waals surface area contributed by atoms with Crippen molar-refractivity contribution in [2.24, 2.45) is 0 Å². The number of rotatable bonds is 13. The second-order valence-electron chi connectivity index (χ2n) is 14.0. The lowest BCUT2D eigenvalue weighted by atomic mass is 9.87. The zero-order valence-electron chi connectivity index (χ0n) is 32.4. The minimum Gasteiger partial charge on any atom is -0.496 e. The number of fused-ring (bicyclic) bond motifs is 3. The summed E-state index contributed by atoms with van der Waals surface area (Å²) in [6.45, 7) is 8.27. The smallest absolute Gasteiger partial charge is 0.410 e. The number of hydrogen-bond donors (Lipinski definition) is 0. The predicted molar refractivity (Wildman–Crippen MR) is 196 cm³/mol. The van der Waals surface area contributed by atoms with E-state index in [1.807, 2.05) is 30.3 Å². The topological polar surface area (TPSA) is 149 Å². The summed E-state index contributed by atoms with van der Waals surface area (Å²) in [5, 5.41) is 0. The Morgan fingerprint density at radius 1 is 0.926 bits per heavy atom. The number of ether oxygens (including phenoxy) is 8. The molecule has 5 rings (SSSR count). The summed E-state index contributed by atoms with van der Waals surface area (Å²) in [6, 6.07) is 7.26. The van der Waals surface area contributed by atoms with Crippen LogP contribution in [0.4, 0.5) is 4.79 Å². The molecule has 0 radical (unpaired) electrons. The number of benzene rings is 3. The van der Waals surface area contributed by atoms with Crippen LogP contribution in [0, 0.1) is 13.8 Å². The van der Waals surface area contributed by atoms with Crippen molar-refractivity contribution in [3.8, 4) is 34.5 Å². The molecule has 0 saturated carbocycles. The number of hydrogen-bond acceptors (Lipinski definition) is 12. The first-order valence-electron chi connectivity index (χ1n) is 17.4. The predicted octanol–water partition coefficient (Wildman–Crippen LogP) is 5.64. The van der Waals surface area contributed by atoms with E-state index in [-0.39, 0.29) is 66.9 Å². The van der Waals surface area contributed by atoms with Gasteiger partial charge in [0.1, 0.15) is 23.1 Å². The molecule has 0 unspecified atom stereocenters. The third kappa shape index (κ3) is 7.47. The van der Waals surface area contributed by atoms with Gasteiger partial charge in [-0.3, -0.25) is 19.3 Å². The first kappa shape index (κ1) is 39.7. The standard InChI is InChI=1S/C40H48N2O12/c1-22-32(47-7)25(26(18-43)36(50-10)34(22)49-9)16-27(41(6)39(46)54-40(3,4)5)38(45)42-17-29(44)31-30(28(42)20-51-19-24-14-12-11-13-15-24)37-35(52-21-53-37)23(2)33(31)48-8/h11-15,18,27-28H,16-17,19-21H2,1-10H3/t27-,28-/m0/s1. The second kappa shape index (κ2) is 16.3. The van der Waals surface area contributed by atoms with Crippen molar-refractivity contribution in [2.45, 2.75) is 65.3 Å². The molecule has 14 nitrogen and oxygen atoms in total. The summed E-state index contributed by atoms with van der Waals surface area (Å²) in [5.41, 5.74) is 2.06. The SMILES string of the molecule is COc1c(C)c(OC)c(OC)c(C=O)c1C[C@@H](C(=O)N1CC(=O)c2c(OC)c(C)c3c(c2[C@@H]1COCc1ccccc1)OCO3)N(C)C(=O)OC(C)(C)C. The maximum Gasteiger partial charge on any atom is 0.410 e. The highest BCUT2D eigenvalue weighted by Gasteiger charge is 2.46. The largest absolute Gasteiger partial charge is 0.496 e. The van der Waals surface area contributed by atoms with Gasteiger partial charge in [-0.2, -0.15) is 0 Å². The fourth-order valence-corrected chi connectivity index (χ4v) is 7.07. The van der Waals surface area contributed by atoms with E-state index in [1.165, 1.54) is 40.4 Å². The van der Waals surface area contributed by atoms with Gasteiger partial charge in [-0.1, -0.05) is 30.3 Å². The van der Waals surface area contributed by atoms with Gasteiger partial charge in [-0.05, 0) is 40.2 Å². The molecule has 0 bridgehead atoms. The molecule has 290 valence electrons. The van der Waals surface area contributed by atoms with Crippen molar-refractivity contribution in [2.75, 3.05) is 55.4 Å². The third-order valence-electron chi connectivity index (χ3n) is 9.50. The Hall–Kier alpha value is -5.50. The molecular formula is C40H48N2O12. The summed E-state index contributed by atoms with van der Waals surface area (Å²) in [4.78, 5) is 58.6. The second-order valence-corrected chi connectivity index (χ2v) is 14.0. The molecule has 54 heavy (non-hydrogen) atoms. The molecule has 0 aliphatic carbocycles. The van der Waals surface area contributed by atoms with Gasteiger partial charge >= 0.3 is 6.09 Å². The number of ketones is 1. The van der Waals surface area contributed by atoms with Crippen LogP contribution in [0.5, 0.6) is 34.5 Å². The highest BCUT2D eigenvalue weighted by atomic mass is 16.7. The Labute approximate surface area is 315 Å². The molecule has 0 saturated heterocycles. The molecule has 2 aliphatic rings. The van der Waals surface area contributed by atoms with Crippen LogP contribution in [0.1, 0.15) is 75.3 Å². The quantitative estimate of drug-likeness (QED) is 0.199. The minimum atomic E-state index is -1.34. The van der Waals surface area contributed by atoms with E-state index in [0.717, 1.165) is 10.5 Å². The Bertz CT molecular complexity index is 1920. The molecule has 0 aromatic heterocycles. The summed E-state index contributed by atoms with van der Waals surface area (Å²) < 4.78 is 46.6. The monoisotopic (exact) mass is 748 g/mol. The number of nitrogens with zero attached hydrogens (tertiary/aromatic N) is 2. The zero-order valence-corrected chi connectivity index (χ0v) is 32.4. The van der Waals surface area contributed by atoms with Crippen LogP contribution in [0.2, 0.25) is 0 Å². The molecule has 0 spiro atoms. The van der Waals surface area contributed by atoms with Gasteiger partial charge in [0, 0.05) is 35.7 Å². The third-order valence-corrected chi connectivity index (χ3v) is 9.50. The number of carbonyl (C=O) groups excluding carboxylic acids is 4. The van der Waals surface area contributed by atoms with Crippen molar-refractivity contribution in [1.29, 1.82) is 0 Å². The van der Waals surface area contributed by atoms with Crippen molar-refractivity contribution >= 4 is 24.1 Å². The van der Waals surface area contributed by atoms with Gasteiger partial charge in [0.15, 0.2) is 35.1 Å². The van der Waals surface area contributed by atoms with Gasteiger partial charge in [0.25, 0.3) is 0 Å². The molecule has 0 N–H and O–H groups in total. The van der Waals surface area contributed by atoms with Crippen LogP contribution >= 0.6 is 0 Å². The normalized spacial score (nSPS) is 15.3. The fourth-order valence-electron chi connectivity index (χ4n) is 7.07. The Kier molecular flexibility index (Phi) is 11.9. The van der Waals surface area contributed by atoms with Crippen LogP contribution in [0.15, 0.2) is 30.3 Å². The number of amides is 2. The molecule has 0 fully saturated rings. The van der Waals surface area contributed by atoms with Crippen molar-refractivity contribution in [3.63, 3.8) is 0 Å². The average molecular weight is 749 g/mol. The highest BCUT2D eigenvalue weighted by Crippen LogP contribution is 2.52. The van der Waals surface area contributed by atoms with E-state index in [4.69, 9.17) is 37.9 Å². The van der Waals surface area contributed by atoms with Crippen LogP contribution < -0.4 is 28.4 Å². The highest BCUT2D eigenvalue weighted by molar-refractivity contribution is 6.07. The van der Waals surface area contributed by atoms with Crippen molar-refractivity contribution < 1.29 is 57.1 Å². The molecule has 2 heterocycles. The van der Waals surface area contributed by atoms with Crippen LogP contribution in [0.25, 0.3) is 0 Å². The van der Waals surface area contributed by atoms with E-state index < -0.39 is 35.5 Å². The molecule has 2 amide bonds. The lowest BCUT2D eigenvalue weighted by Gasteiger charge is -2.41. The maximum absolute atomic E-state index is 15.3. The summed E-state index contributed by atoms with van der Waals surface area (Å²) in [7, 11) is 7.16. The van der Waals surface area contributed by atoms with Crippen molar-refractivity contribution in [3.05, 3.63) is 69.3 Å². The number of methoxy groups -OCH3 is 4. The maximum atomic E-state index is 15.3. The van der Waals surface area contributed by atoms with E-state index >= 15 is 4.79 Å². The summed E-state index contributed by atoms with van der Waals surface area (Å²) in [6.07, 6.45) is -0.457. The lowest BCUT2D eigenvalue weighted by Crippen LogP contribution is -2.55. The van der Waals surface area contributed by atoms with Gasteiger partial charge < -0.3 is 42.8 Å². The molecule has 14 heteroatoms. The van der Waals surface area contributed by atoms with Crippen LogP contribution in [-0.4, -0.2) is 101 Å². The van der Waals surface area contributed by atoms with Crippen LogP contribution in [0.3, 0.4) is 0 Å². The first-order valence-corrected chi connectivity index (χ1v) is 17.4. The summed E-state index contributed by atoms with van der Waals surface area (Å²) in [5.74, 6) is 0.634. The molecule has 3 aromatic carbocycles. The van der Waals surface area contributed by atoms with Gasteiger partial charge in [-0.15, -0.1) is 0 Å². The molecular weight excluding hydrogens is 700 g/mol. The zero-order chi connectivity index (χ0) is 39.5. The minimum absolute atomic E-state index is 0.0653. The van der Waals surface area contributed by atoms with E-state index in [9.17, 15) is 14.4 Å². The Balaban J connectivity index is 1.69. The fraction of sp³-hybridized carbons (Fsp3) is 0.450. The van der Waals surface area contributed by atoms with E-state index in [1.54, 1.807) is 34.6 Å². The number of carbonyl (C=O) groups is 4. The van der Waals surface area contributed by atoms with Crippen LogP contribution in [-0.2, 0) is 27.3 Å². The molecule has 2 aliphatic heterocycles. The Morgan fingerprint density at radius 3 is 2.15 bits per heavy atom. The number of aldehydes is 1. The van der Waals surface area contributed by atoms with Gasteiger partial charge in [-0.25, -0.2) is 4.79 Å². The average Bonchev–Trinajstić information content (AvgIpc) is 3.64. The van der Waals surface area contributed by atoms with Gasteiger partial charge in [0.05, 0.1) is 65.4 Å². The van der Waals surface area contributed by atoms with Gasteiger partial charge in [0.2, 0.25) is 12.7 Å².